The van der Waals surface area contributed by atoms with Gasteiger partial charge in [-0.1, -0.05) is 18.6 Å². The third-order valence-corrected chi connectivity index (χ3v) is 2.10. The predicted molar refractivity (Wildman–Crippen MR) is 56.4 cm³/mol. The van der Waals surface area contributed by atoms with E-state index < -0.39 is 0 Å². The first-order valence-electron chi connectivity index (χ1n) is 4.94. The van der Waals surface area contributed by atoms with Crippen LogP contribution in [-0.4, -0.2) is 13.6 Å². The lowest BCUT2D eigenvalue weighted by atomic mass is 10.0. The molecule has 0 saturated heterocycles. The Morgan fingerprint density at radius 3 is 2.50 bits per heavy atom. The highest BCUT2D eigenvalue weighted by Gasteiger charge is 1.98. The molecule has 0 aliphatic heterocycles. The van der Waals surface area contributed by atoms with E-state index in [0.29, 0.717) is 0 Å². The Bertz CT molecular complexity index is 123. The average Bonchev–Trinajstić information content (AvgIpc) is 2.00. The zero-order valence-electron chi connectivity index (χ0n) is 8.98. The number of nitrogens with one attached hydrogen (secondary N) is 1. The molecule has 0 aliphatic rings. The van der Waals surface area contributed by atoms with E-state index in [9.17, 15) is 0 Å². The summed E-state index contributed by atoms with van der Waals surface area (Å²) < 4.78 is 0. The molecule has 0 aromatic carbocycles. The molecular weight excluding hydrogens is 146 g/mol. The molecule has 1 nitrogen and oxygen atoms in total. The van der Waals surface area contributed by atoms with Crippen molar-refractivity contribution in [3.05, 3.63) is 11.6 Å². The smallest absolute Gasteiger partial charge is 0.00494 e. The molecule has 12 heavy (non-hydrogen) atoms. The molecule has 72 valence electrons. The van der Waals surface area contributed by atoms with Gasteiger partial charge < -0.3 is 5.32 Å². The van der Waals surface area contributed by atoms with Crippen LogP contribution in [0.5, 0.6) is 0 Å². The van der Waals surface area contributed by atoms with Crippen LogP contribution in [0.3, 0.4) is 0 Å². The summed E-state index contributed by atoms with van der Waals surface area (Å²) in [5.74, 6) is 0.855. The van der Waals surface area contributed by atoms with Crippen LogP contribution < -0.4 is 5.32 Å². The second-order valence-electron chi connectivity index (χ2n) is 3.86. The Morgan fingerprint density at radius 2 is 2.00 bits per heavy atom. The number of allylic oxidation sites excluding steroid dienone is 2. The van der Waals surface area contributed by atoms with E-state index in [1.165, 1.54) is 24.8 Å². The molecule has 0 spiro atoms. The average molecular weight is 169 g/mol. The lowest BCUT2D eigenvalue weighted by Crippen LogP contribution is -2.11. The Morgan fingerprint density at radius 1 is 1.33 bits per heavy atom. The summed E-state index contributed by atoms with van der Waals surface area (Å²) in [5, 5.41) is 3.18. The number of hydrogen-bond donors (Lipinski definition) is 1. The van der Waals surface area contributed by atoms with Crippen molar-refractivity contribution < 1.29 is 0 Å². The van der Waals surface area contributed by atoms with Crippen molar-refractivity contribution in [2.45, 2.75) is 40.0 Å². The van der Waals surface area contributed by atoms with E-state index >= 15 is 0 Å². The van der Waals surface area contributed by atoms with E-state index in [4.69, 9.17) is 0 Å². The SMILES string of the molecule is CNCCC(C)CCC=C(C)C. The summed E-state index contributed by atoms with van der Waals surface area (Å²) in [5.41, 5.74) is 1.44. The lowest BCUT2D eigenvalue weighted by Gasteiger charge is -2.08. The van der Waals surface area contributed by atoms with Crippen molar-refractivity contribution in [3.8, 4) is 0 Å². The summed E-state index contributed by atoms with van der Waals surface area (Å²) >= 11 is 0. The Hall–Kier alpha value is -0.300. The summed E-state index contributed by atoms with van der Waals surface area (Å²) in [7, 11) is 2.02. The van der Waals surface area contributed by atoms with Gasteiger partial charge in [-0.3, -0.25) is 0 Å². The number of rotatable bonds is 6. The van der Waals surface area contributed by atoms with E-state index in [2.05, 4.69) is 32.2 Å². The maximum Gasteiger partial charge on any atom is -0.00494 e. The van der Waals surface area contributed by atoms with Gasteiger partial charge in [0.15, 0.2) is 0 Å². The summed E-state index contributed by atoms with van der Waals surface area (Å²) in [6.07, 6.45) is 6.20. The minimum Gasteiger partial charge on any atom is -0.320 e. The molecule has 0 aromatic heterocycles. The van der Waals surface area contributed by atoms with Crippen molar-refractivity contribution >= 4 is 0 Å². The fourth-order valence-corrected chi connectivity index (χ4v) is 1.19. The van der Waals surface area contributed by atoms with Gasteiger partial charge in [0, 0.05) is 0 Å². The third kappa shape index (κ3) is 7.80. The zero-order valence-corrected chi connectivity index (χ0v) is 8.98. The molecule has 0 heterocycles. The minimum absolute atomic E-state index is 0.855. The van der Waals surface area contributed by atoms with Crippen LogP contribution in [0.4, 0.5) is 0 Å². The molecular formula is C11H23N. The summed E-state index contributed by atoms with van der Waals surface area (Å²) in [4.78, 5) is 0. The fourth-order valence-electron chi connectivity index (χ4n) is 1.19. The first kappa shape index (κ1) is 11.7. The van der Waals surface area contributed by atoms with Gasteiger partial charge in [0.2, 0.25) is 0 Å². The molecule has 0 rings (SSSR count). The first-order chi connectivity index (χ1) is 5.66. The van der Waals surface area contributed by atoms with Crippen molar-refractivity contribution in [2.75, 3.05) is 13.6 Å². The quantitative estimate of drug-likeness (QED) is 0.603. The maximum atomic E-state index is 3.18. The Kier molecular flexibility index (Phi) is 7.17. The van der Waals surface area contributed by atoms with Crippen LogP contribution in [0.1, 0.15) is 40.0 Å². The molecule has 1 unspecified atom stereocenters. The molecule has 0 aromatic rings. The van der Waals surface area contributed by atoms with Gasteiger partial charge in [0.05, 0.1) is 0 Å². The van der Waals surface area contributed by atoms with Crippen LogP contribution in [0.25, 0.3) is 0 Å². The fraction of sp³-hybridized carbons (Fsp3) is 0.818. The topological polar surface area (TPSA) is 12.0 Å². The van der Waals surface area contributed by atoms with E-state index in [1.807, 2.05) is 7.05 Å². The molecule has 1 N–H and O–H groups in total. The Balaban J connectivity index is 3.31. The van der Waals surface area contributed by atoms with Crippen LogP contribution in [0.2, 0.25) is 0 Å². The Labute approximate surface area is 77.2 Å². The van der Waals surface area contributed by atoms with Gasteiger partial charge >= 0.3 is 0 Å². The van der Waals surface area contributed by atoms with Crippen molar-refractivity contribution in [1.82, 2.24) is 5.32 Å². The highest BCUT2D eigenvalue weighted by atomic mass is 14.8. The van der Waals surface area contributed by atoms with Crippen LogP contribution >= 0.6 is 0 Å². The largest absolute Gasteiger partial charge is 0.320 e. The molecule has 0 aliphatic carbocycles. The second-order valence-corrected chi connectivity index (χ2v) is 3.86. The molecule has 0 fully saturated rings. The minimum atomic E-state index is 0.855. The van der Waals surface area contributed by atoms with E-state index in [0.717, 1.165) is 12.5 Å². The van der Waals surface area contributed by atoms with Crippen LogP contribution in [0, 0.1) is 5.92 Å². The van der Waals surface area contributed by atoms with Gasteiger partial charge in [-0.2, -0.15) is 0 Å². The molecule has 1 heteroatoms. The van der Waals surface area contributed by atoms with Crippen molar-refractivity contribution in [3.63, 3.8) is 0 Å². The highest BCUT2D eigenvalue weighted by molar-refractivity contribution is 4.92. The normalized spacial score (nSPS) is 12.7. The maximum absolute atomic E-state index is 3.18. The van der Waals surface area contributed by atoms with Gasteiger partial charge in [-0.05, 0) is 52.6 Å². The van der Waals surface area contributed by atoms with E-state index in [-0.39, 0.29) is 0 Å². The summed E-state index contributed by atoms with van der Waals surface area (Å²) in [6.45, 7) is 7.81. The van der Waals surface area contributed by atoms with Crippen molar-refractivity contribution in [2.24, 2.45) is 5.92 Å². The van der Waals surface area contributed by atoms with Crippen LogP contribution in [-0.2, 0) is 0 Å². The predicted octanol–water partition coefficient (Wildman–Crippen LogP) is 2.98. The molecule has 0 radical (unpaired) electrons. The summed E-state index contributed by atoms with van der Waals surface area (Å²) in [6, 6.07) is 0. The first-order valence-corrected chi connectivity index (χ1v) is 4.94. The molecule has 0 bridgehead atoms. The van der Waals surface area contributed by atoms with Gasteiger partial charge in [0.25, 0.3) is 0 Å². The van der Waals surface area contributed by atoms with Crippen molar-refractivity contribution in [1.29, 1.82) is 0 Å². The lowest BCUT2D eigenvalue weighted by molar-refractivity contribution is 0.485. The van der Waals surface area contributed by atoms with Gasteiger partial charge in [-0.25, -0.2) is 0 Å². The zero-order chi connectivity index (χ0) is 9.40. The monoisotopic (exact) mass is 169 g/mol. The highest BCUT2D eigenvalue weighted by Crippen LogP contribution is 2.10. The third-order valence-electron chi connectivity index (χ3n) is 2.10. The van der Waals surface area contributed by atoms with Crippen LogP contribution in [0.15, 0.2) is 11.6 Å². The van der Waals surface area contributed by atoms with E-state index in [1.54, 1.807) is 0 Å². The number of hydrogen-bond acceptors (Lipinski definition) is 1. The molecule has 1 atom stereocenters. The molecule has 0 saturated carbocycles. The second kappa shape index (κ2) is 7.35. The van der Waals surface area contributed by atoms with Gasteiger partial charge in [-0.15, -0.1) is 0 Å². The standard InChI is InChI=1S/C11H23N/c1-10(2)6-5-7-11(3)8-9-12-4/h6,11-12H,5,7-9H2,1-4H3. The van der Waals surface area contributed by atoms with Gasteiger partial charge in [0.1, 0.15) is 0 Å². The molecule has 0 amide bonds.